The van der Waals surface area contributed by atoms with Crippen LogP contribution in [0.25, 0.3) is 10.3 Å². The number of hydrogen-bond donors (Lipinski definition) is 1. The minimum atomic E-state index is 0.267. The van der Waals surface area contributed by atoms with Crippen molar-refractivity contribution in [3.8, 4) is 0 Å². The second kappa shape index (κ2) is 3.39. The maximum absolute atomic E-state index is 5.88. The number of hydrogen-bond acceptors (Lipinski definition) is 6. The molecule has 2 N–H and O–H groups in total. The SMILES string of the molecule is NC1CCN(c2ncnc3ncsc23)C1. The van der Waals surface area contributed by atoms with E-state index in [1.165, 1.54) is 0 Å². The highest BCUT2D eigenvalue weighted by Gasteiger charge is 2.22. The maximum Gasteiger partial charge on any atom is 0.175 e. The molecule has 2 aromatic rings. The van der Waals surface area contributed by atoms with E-state index < -0.39 is 0 Å². The number of anilines is 1. The van der Waals surface area contributed by atoms with E-state index in [0.29, 0.717) is 0 Å². The van der Waals surface area contributed by atoms with E-state index in [4.69, 9.17) is 5.73 Å². The number of aromatic nitrogens is 3. The fraction of sp³-hybridized carbons (Fsp3) is 0.444. The summed E-state index contributed by atoms with van der Waals surface area (Å²) in [5.74, 6) is 0.982. The Labute approximate surface area is 91.0 Å². The van der Waals surface area contributed by atoms with Gasteiger partial charge in [-0.3, -0.25) is 0 Å². The molecule has 78 valence electrons. The normalized spacial score (nSPS) is 21.4. The molecule has 1 saturated heterocycles. The molecule has 1 atom stereocenters. The average molecular weight is 221 g/mol. The molecule has 1 aliphatic rings. The number of fused-ring (bicyclic) bond motifs is 1. The Bertz CT molecular complexity index is 482. The Morgan fingerprint density at radius 1 is 1.40 bits per heavy atom. The lowest BCUT2D eigenvalue weighted by molar-refractivity contribution is 0.751. The smallest absolute Gasteiger partial charge is 0.175 e. The fourth-order valence-corrected chi connectivity index (χ4v) is 2.64. The third-order valence-corrected chi connectivity index (χ3v) is 3.45. The summed E-state index contributed by atoms with van der Waals surface area (Å²) >= 11 is 1.58. The van der Waals surface area contributed by atoms with E-state index in [-0.39, 0.29) is 6.04 Å². The van der Waals surface area contributed by atoms with Crippen molar-refractivity contribution in [3.05, 3.63) is 11.8 Å². The van der Waals surface area contributed by atoms with Crippen molar-refractivity contribution in [2.75, 3.05) is 18.0 Å². The first kappa shape index (κ1) is 8.99. The highest BCUT2D eigenvalue weighted by molar-refractivity contribution is 7.17. The fourth-order valence-electron chi connectivity index (χ4n) is 1.89. The summed E-state index contributed by atoms with van der Waals surface area (Å²) in [6, 6.07) is 0.267. The van der Waals surface area contributed by atoms with Crippen LogP contribution < -0.4 is 10.6 Å². The van der Waals surface area contributed by atoms with Gasteiger partial charge in [0.1, 0.15) is 11.0 Å². The molecule has 1 unspecified atom stereocenters. The third-order valence-electron chi connectivity index (χ3n) is 2.64. The lowest BCUT2D eigenvalue weighted by Gasteiger charge is -2.16. The molecule has 6 heteroatoms. The van der Waals surface area contributed by atoms with Gasteiger partial charge in [0, 0.05) is 19.1 Å². The second-order valence-corrected chi connectivity index (χ2v) is 4.55. The van der Waals surface area contributed by atoms with Crippen molar-refractivity contribution < 1.29 is 0 Å². The zero-order valence-electron chi connectivity index (χ0n) is 8.13. The van der Waals surface area contributed by atoms with Crippen LogP contribution in [-0.4, -0.2) is 34.1 Å². The Morgan fingerprint density at radius 2 is 2.33 bits per heavy atom. The van der Waals surface area contributed by atoms with Crippen LogP contribution in [0, 0.1) is 0 Å². The van der Waals surface area contributed by atoms with Crippen LogP contribution in [-0.2, 0) is 0 Å². The summed E-state index contributed by atoms with van der Waals surface area (Å²) in [5, 5.41) is 0. The molecule has 2 aromatic heterocycles. The Balaban J connectivity index is 2.06. The molecule has 0 aliphatic carbocycles. The molecule has 0 amide bonds. The lowest BCUT2D eigenvalue weighted by atomic mass is 10.3. The van der Waals surface area contributed by atoms with Crippen molar-refractivity contribution in [2.24, 2.45) is 5.73 Å². The van der Waals surface area contributed by atoms with Gasteiger partial charge in [0.25, 0.3) is 0 Å². The summed E-state index contributed by atoms with van der Waals surface area (Å²) in [6.07, 6.45) is 2.60. The largest absolute Gasteiger partial charge is 0.354 e. The number of nitrogens with zero attached hydrogens (tertiary/aromatic N) is 4. The van der Waals surface area contributed by atoms with E-state index in [9.17, 15) is 0 Å². The average Bonchev–Trinajstić information content (AvgIpc) is 2.84. The van der Waals surface area contributed by atoms with Crippen LogP contribution in [0.3, 0.4) is 0 Å². The van der Waals surface area contributed by atoms with E-state index in [1.807, 2.05) is 0 Å². The summed E-state index contributed by atoms with van der Waals surface area (Å²) in [6.45, 7) is 1.86. The molecule has 0 saturated carbocycles. The molecular formula is C9H11N5S. The molecular weight excluding hydrogens is 210 g/mol. The van der Waals surface area contributed by atoms with Crippen LogP contribution >= 0.6 is 11.3 Å². The topological polar surface area (TPSA) is 67.9 Å². The zero-order valence-corrected chi connectivity index (χ0v) is 8.94. The Kier molecular flexibility index (Phi) is 2.03. The van der Waals surface area contributed by atoms with Gasteiger partial charge in [-0.05, 0) is 6.42 Å². The lowest BCUT2D eigenvalue weighted by Crippen LogP contribution is -2.26. The molecule has 3 heterocycles. The van der Waals surface area contributed by atoms with Crippen LogP contribution in [0.1, 0.15) is 6.42 Å². The third kappa shape index (κ3) is 1.46. The summed E-state index contributed by atoms with van der Waals surface area (Å²) in [5.41, 5.74) is 8.47. The van der Waals surface area contributed by atoms with Crippen LogP contribution in [0.15, 0.2) is 11.8 Å². The highest BCUT2D eigenvalue weighted by atomic mass is 32.1. The summed E-state index contributed by atoms with van der Waals surface area (Å²) in [4.78, 5) is 14.8. The second-order valence-electron chi connectivity index (χ2n) is 3.70. The van der Waals surface area contributed by atoms with Crippen LogP contribution in [0.5, 0.6) is 0 Å². The zero-order chi connectivity index (χ0) is 10.3. The molecule has 0 aromatic carbocycles. The van der Waals surface area contributed by atoms with E-state index in [2.05, 4.69) is 19.9 Å². The standard InChI is InChI=1S/C9H11N5S/c10-6-1-2-14(3-6)9-7-8(11-4-12-9)13-5-15-7/h4-6H,1-3,10H2. The first-order valence-corrected chi connectivity index (χ1v) is 5.77. The molecule has 0 bridgehead atoms. The quantitative estimate of drug-likeness (QED) is 0.764. The monoisotopic (exact) mass is 221 g/mol. The predicted octanol–water partition coefficient (Wildman–Crippen LogP) is 0.624. The van der Waals surface area contributed by atoms with Gasteiger partial charge in [-0.25, -0.2) is 15.0 Å². The van der Waals surface area contributed by atoms with Crippen molar-refractivity contribution in [3.63, 3.8) is 0 Å². The van der Waals surface area contributed by atoms with Gasteiger partial charge in [0.15, 0.2) is 11.5 Å². The molecule has 3 rings (SSSR count). The van der Waals surface area contributed by atoms with E-state index in [1.54, 1.807) is 23.2 Å². The van der Waals surface area contributed by atoms with Crippen LogP contribution in [0.4, 0.5) is 5.82 Å². The van der Waals surface area contributed by atoms with Gasteiger partial charge in [0.05, 0.1) is 5.51 Å². The number of rotatable bonds is 1. The van der Waals surface area contributed by atoms with Gasteiger partial charge in [-0.15, -0.1) is 11.3 Å². The van der Waals surface area contributed by atoms with Crippen molar-refractivity contribution >= 4 is 27.5 Å². The Hall–Kier alpha value is -1.27. The number of nitrogens with two attached hydrogens (primary N) is 1. The molecule has 1 aliphatic heterocycles. The molecule has 0 radical (unpaired) electrons. The first-order valence-electron chi connectivity index (χ1n) is 4.89. The summed E-state index contributed by atoms with van der Waals surface area (Å²) in [7, 11) is 0. The molecule has 0 spiro atoms. The Morgan fingerprint density at radius 3 is 3.13 bits per heavy atom. The first-order chi connectivity index (χ1) is 7.34. The van der Waals surface area contributed by atoms with E-state index in [0.717, 1.165) is 35.7 Å². The van der Waals surface area contributed by atoms with Gasteiger partial charge in [-0.2, -0.15) is 0 Å². The number of thiazole rings is 1. The minimum absolute atomic E-state index is 0.267. The molecule has 5 nitrogen and oxygen atoms in total. The molecule has 15 heavy (non-hydrogen) atoms. The van der Waals surface area contributed by atoms with Gasteiger partial charge in [-0.1, -0.05) is 0 Å². The molecule has 1 fully saturated rings. The van der Waals surface area contributed by atoms with Crippen molar-refractivity contribution in [1.29, 1.82) is 0 Å². The van der Waals surface area contributed by atoms with Gasteiger partial charge >= 0.3 is 0 Å². The predicted molar refractivity (Wildman–Crippen MR) is 60.0 cm³/mol. The van der Waals surface area contributed by atoms with Crippen molar-refractivity contribution in [2.45, 2.75) is 12.5 Å². The maximum atomic E-state index is 5.88. The van der Waals surface area contributed by atoms with Gasteiger partial charge < -0.3 is 10.6 Å². The van der Waals surface area contributed by atoms with Crippen LogP contribution in [0.2, 0.25) is 0 Å². The minimum Gasteiger partial charge on any atom is -0.354 e. The van der Waals surface area contributed by atoms with E-state index >= 15 is 0 Å². The van der Waals surface area contributed by atoms with Gasteiger partial charge in [0.2, 0.25) is 0 Å². The van der Waals surface area contributed by atoms with Crippen molar-refractivity contribution in [1.82, 2.24) is 15.0 Å². The summed E-state index contributed by atoms with van der Waals surface area (Å²) < 4.78 is 1.06. The highest BCUT2D eigenvalue weighted by Crippen LogP contribution is 2.27.